The molecule has 1 fully saturated rings. The van der Waals surface area contributed by atoms with Crippen LogP contribution in [0.3, 0.4) is 0 Å². The van der Waals surface area contributed by atoms with Crippen molar-refractivity contribution in [3.63, 3.8) is 0 Å². The van der Waals surface area contributed by atoms with Crippen LogP contribution in [0.25, 0.3) is 0 Å². The Labute approximate surface area is 97.9 Å². The Morgan fingerprint density at radius 3 is 2.12 bits per heavy atom. The van der Waals surface area contributed by atoms with E-state index in [1.54, 1.807) is 0 Å². The molecule has 0 amide bonds. The summed E-state index contributed by atoms with van der Waals surface area (Å²) in [6, 6.07) is 0. The Balaban J connectivity index is 2.70. The summed E-state index contributed by atoms with van der Waals surface area (Å²) < 4.78 is 0. The second kappa shape index (κ2) is 6.24. The minimum Gasteiger partial charge on any atom is -0.479 e. The van der Waals surface area contributed by atoms with Crippen molar-refractivity contribution in [3.05, 3.63) is 0 Å². The summed E-state index contributed by atoms with van der Waals surface area (Å²) in [5.41, 5.74) is -1.48. The molecule has 0 radical (unpaired) electrons. The predicted molar refractivity (Wildman–Crippen MR) is 63.3 cm³/mol. The molecule has 3 nitrogen and oxygen atoms in total. The van der Waals surface area contributed by atoms with Gasteiger partial charge < -0.3 is 10.2 Å². The molecule has 2 N–H and O–H groups in total. The van der Waals surface area contributed by atoms with E-state index in [2.05, 4.69) is 0 Å². The van der Waals surface area contributed by atoms with Gasteiger partial charge in [-0.15, -0.1) is 0 Å². The SMILES string of the molecule is CCCC(O)(C(=O)O)C1CCCCCCC1. The number of aliphatic carboxylic acids is 1. The average Bonchev–Trinajstić information content (AvgIpc) is 2.16. The zero-order valence-electron chi connectivity index (χ0n) is 10.2. The summed E-state index contributed by atoms with van der Waals surface area (Å²) in [4.78, 5) is 11.3. The van der Waals surface area contributed by atoms with Gasteiger partial charge in [-0.1, -0.05) is 45.4 Å². The summed E-state index contributed by atoms with van der Waals surface area (Å²) in [5.74, 6) is -1.08. The van der Waals surface area contributed by atoms with Crippen LogP contribution in [-0.4, -0.2) is 21.8 Å². The van der Waals surface area contributed by atoms with Gasteiger partial charge in [0.05, 0.1) is 0 Å². The first-order valence-electron chi connectivity index (χ1n) is 6.57. The lowest BCUT2D eigenvalue weighted by Crippen LogP contribution is -2.46. The second-order valence-corrected chi connectivity index (χ2v) is 5.02. The van der Waals surface area contributed by atoms with E-state index in [0.29, 0.717) is 6.42 Å². The van der Waals surface area contributed by atoms with Crippen molar-refractivity contribution in [2.45, 2.75) is 70.3 Å². The highest BCUT2D eigenvalue weighted by atomic mass is 16.4. The van der Waals surface area contributed by atoms with Crippen LogP contribution in [0.15, 0.2) is 0 Å². The molecule has 0 aromatic heterocycles. The third-order valence-corrected chi connectivity index (χ3v) is 3.78. The zero-order chi connectivity index (χ0) is 12.0. The van der Waals surface area contributed by atoms with Crippen LogP contribution in [-0.2, 0) is 4.79 Å². The molecule has 0 aromatic rings. The summed E-state index contributed by atoms with van der Waals surface area (Å²) >= 11 is 0. The van der Waals surface area contributed by atoms with E-state index >= 15 is 0 Å². The topological polar surface area (TPSA) is 57.5 Å². The molecule has 0 heterocycles. The minimum absolute atomic E-state index is 0.0507. The van der Waals surface area contributed by atoms with Gasteiger partial charge in [0.25, 0.3) is 0 Å². The lowest BCUT2D eigenvalue weighted by molar-refractivity contribution is -0.167. The van der Waals surface area contributed by atoms with Gasteiger partial charge in [-0.3, -0.25) is 0 Å². The van der Waals surface area contributed by atoms with E-state index in [-0.39, 0.29) is 5.92 Å². The lowest BCUT2D eigenvalue weighted by Gasteiger charge is -2.33. The van der Waals surface area contributed by atoms with E-state index in [9.17, 15) is 15.0 Å². The molecule has 0 bridgehead atoms. The van der Waals surface area contributed by atoms with Gasteiger partial charge in [0.2, 0.25) is 0 Å². The first-order valence-corrected chi connectivity index (χ1v) is 6.57. The molecule has 1 aliphatic rings. The third kappa shape index (κ3) is 3.21. The van der Waals surface area contributed by atoms with Crippen molar-refractivity contribution < 1.29 is 15.0 Å². The van der Waals surface area contributed by atoms with E-state index in [1.165, 1.54) is 19.3 Å². The van der Waals surface area contributed by atoms with Crippen molar-refractivity contribution in [2.75, 3.05) is 0 Å². The summed E-state index contributed by atoms with van der Waals surface area (Å²) in [6.07, 6.45) is 8.56. The Kier molecular flexibility index (Phi) is 5.26. The maximum atomic E-state index is 11.3. The van der Waals surface area contributed by atoms with Gasteiger partial charge >= 0.3 is 5.97 Å². The number of aliphatic hydroxyl groups is 1. The van der Waals surface area contributed by atoms with Gasteiger partial charge in [-0.25, -0.2) is 4.79 Å². The predicted octanol–water partition coefficient (Wildman–Crippen LogP) is 2.96. The third-order valence-electron chi connectivity index (χ3n) is 3.78. The van der Waals surface area contributed by atoms with Crippen LogP contribution in [0.2, 0.25) is 0 Å². The first-order chi connectivity index (χ1) is 7.61. The zero-order valence-corrected chi connectivity index (χ0v) is 10.2. The Hall–Kier alpha value is -0.570. The van der Waals surface area contributed by atoms with Gasteiger partial charge in [0.15, 0.2) is 5.60 Å². The Morgan fingerprint density at radius 2 is 1.69 bits per heavy atom. The highest BCUT2D eigenvalue weighted by molar-refractivity contribution is 5.77. The molecular weight excluding hydrogens is 204 g/mol. The van der Waals surface area contributed by atoms with Crippen LogP contribution in [0.5, 0.6) is 0 Å². The van der Waals surface area contributed by atoms with Crippen LogP contribution in [0.4, 0.5) is 0 Å². The van der Waals surface area contributed by atoms with Crippen molar-refractivity contribution in [1.82, 2.24) is 0 Å². The van der Waals surface area contributed by atoms with E-state index in [4.69, 9.17) is 0 Å². The summed E-state index contributed by atoms with van der Waals surface area (Å²) in [5, 5.41) is 19.6. The number of rotatable bonds is 4. The van der Waals surface area contributed by atoms with Crippen molar-refractivity contribution in [1.29, 1.82) is 0 Å². The lowest BCUT2D eigenvalue weighted by atomic mass is 9.76. The van der Waals surface area contributed by atoms with E-state index in [1.807, 2.05) is 6.92 Å². The number of carbonyl (C=O) groups is 1. The number of carboxylic acids is 1. The standard InChI is InChI=1S/C13H24O3/c1-2-10-13(16,12(14)15)11-8-6-4-3-5-7-9-11/h11,16H,2-10H2,1H3,(H,14,15). The Bertz CT molecular complexity index is 219. The van der Waals surface area contributed by atoms with Gasteiger partial charge in [-0.05, 0) is 25.2 Å². The maximum Gasteiger partial charge on any atom is 0.335 e. The molecule has 1 unspecified atom stereocenters. The molecule has 0 aliphatic heterocycles. The highest BCUT2D eigenvalue weighted by Crippen LogP contribution is 2.34. The monoisotopic (exact) mass is 228 g/mol. The van der Waals surface area contributed by atoms with E-state index < -0.39 is 11.6 Å². The molecular formula is C13H24O3. The normalized spacial score (nSPS) is 23.1. The molecule has 16 heavy (non-hydrogen) atoms. The quantitative estimate of drug-likeness (QED) is 0.777. The first kappa shape index (κ1) is 13.5. The highest BCUT2D eigenvalue weighted by Gasteiger charge is 2.42. The minimum atomic E-state index is -1.48. The average molecular weight is 228 g/mol. The molecule has 1 rings (SSSR count). The number of hydrogen-bond donors (Lipinski definition) is 2. The van der Waals surface area contributed by atoms with E-state index in [0.717, 1.165) is 32.1 Å². The summed E-state index contributed by atoms with van der Waals surface area (Å²) in [7, 11) is 0. The molecule has 1 atom stereocenters. The molecule has 0 spiro atoms. The number of hydrogen-bond acceptors (Lipinski definition) is 2. The second-order valence-electron chi connectivity index (χ2n) is 5.02. The Morgan fingerprint density at radius 1 is 1.19 bits per heavy atom. The van der Waals surface area contributed by atoms with Gasteiger partial charge in [-0.2, -0.15) is 0 Å². The smallest absolute Gasteiger partial charge is 0.335 e. The molecule has 0 saturated heterocycles. The fourth-order valence-electron chi connectivity index (χ4n) is 2.80. The van der Waals surface area contributed by atoms with Crippen molar-refractivity contribution in [2.24, 2.45) is 5.92 Å². The number of carboxylic acid groups (broad SMARTS) is 1. The molecule has 3 heteroatoms. The molecule has 1 aliphatic carbocycles. The van der Waals surface area contributed by atoms with Crippen molar-refractivity contribution >= 4 is 5.97 Å². The fraction of sp³-hybridized carbons (Fsp3) is 0.923. The molecule has 0 aromatic carbocycles. The van der Waals surface area contributed by atoms with Gasteiger partial charge in [0, 0.05) is 0 Å². The van der Waals surface area contributed by atoms with Crippen LogP contribution in [0.1, 0.15) is 64.7 Å². The maximum absolute atomic E-state index is 11.3. The fourth-order valence-corrected chi connectivity index (χ4v) is 2.80. The van der Waals surface area contributed by atoms with Crippen LogP contribution >= 0.6 is 0 Å². The van der Waals surface area contributed by atoms with Gasteiger partial charge in [0.1, 0.15) is 0 Å². The van der Waals surface area contributed by atoms with Crippen LogP contribution < -0.4 is 0 Å². The van der Waals surface area contributed by atoms with Crippen molar-refractivity contribution in [3.8, 4) is 0 Å². The largest absolute Gasteiger partial charge is 0.479 e. The van der Waals surface area contributed by atoms with Crippen LogP contribution in [0, 0.1) is 5.92 Å². The molecule has 94 valence electrons. The summed E-state index contributed by atoms with van der Waals surface area (Å²) in [6.45, 7) is 1.93. The molecule has 1 saturated carbocycles.